The molecule has 2 aliphatic heterocycles. The van der Waals surface area contributed by atoms with Crippen LogP contribution in [0.3, 0.4) is 0 Å². The lowest BCUT2D eigenvalue weighted by Gasteiger charge is -2.52. The van der Waals surface area contributed by atoms with Crippen molar-refractivity contribution in [1.29, 1.82) is 0 Å². The topological polar surface area (TPSA) is 67.5 Å². The Morgan fingerprint density at radius 2 is 1.98 bits per heavy atom. The largest absolute Gasteiger partial charge is 0.445 e. The molecule has 0 bridgehead atoms. The zero-order chi connectivity index (χ0) is 29.5. The van der Waals surface area contributed by atoms with Crippen molar-refractivity contribution in [3.05, 3.63) is 64.5 Å². The average Bonchev–Trinajstić information content (AvgIpc) is 3.65. The second-order valence-corrected chi connectivity index (χ2v) is 15.7. The van der Waals surface area contributed by atoms with Crippen LogP contribution in [0.2, 0.25) is 0 Å². The molecule has 2 saturated heterocycles. The first kappa shape index (κ1) is 27.9. The van der Waals surface area contributed by atoms with E-state index >= 15 is 0 Å². The summed E-state index contributed by atoms with van der Waals surface area (Å²) in [5, 5.41) is 7.77. The van der Waals surface area contributed by atoms with Gasteiger partial charge in [0.05, 0.1) is 23.4 Å². The number of allylic oxidation sites excluding steroid dienone is 1. The predicted octanol–water partition coefficient (Wildman–Crippen LogP) is 7.50. The van der Waals surface area contributed by atoms with E-state index in [9.17, 15) is 4.79 Å². The second-order valence-electron chi connectivity index (χ2n) is 15.7. The lowest BCUT2D eigenvalue weighted by molar-refractivity contribution is -0.0794. The van der Waals surface area contributed by atoms with E-state index in [0.29, 0.717) is 23.9 Å². The molecule has 10 atom stereocenters. The average molecular weight is 584 g/mol. The minimum atomic E-state index is -0.189. The van der Waals surface area contributed by atoms with Crippen molar-refractivity contribution in [3.63, 3.8) is 0 Å². The summed E-state index contributed by atoms with van der Waals surface area (Å²) in [6.45, 7) is 10.7. The van der Waals surface area contributed by atoms with Gasteiger partial charge in [0, 0.05) is 18.7 Å². The fraction of sp³-hybridized carbons (Fsp3) is 0.676. The van der Waals surface area contributed by atoms with Crippen LogP contribution in [0.4, 0.5) is 4.79 Å². The highest BCUT2D eigenvalue weighted by Gasteiger charge is 2.61. The Labute approximate surface area is 257 Å². The summed E-state index contributed by atoms with van der Waals surface area (Å²) in [4.78, 5) is 15.6. The fourth-order valence-electron chi connectivity index (χ4n) is 11.3. The van der Waals surface area contributed by atoms with Crippen LogP contribution in [0.15, 0.2) is 47.7 Å². The van der Waals surface area contributed by atoms with Gasteiger partial charge in [-0.1, -0.05) is 62.2 Å². The summed E-state index contributed by atoms with van der Waals surface area (Å²) in [6, 6.07) is 10.1. The lowest BCUT2D eigenvalue weighted by atomic mass is 9.52. The van der Waals surface area contributed by atoms with Crippen LogP contribution in [0.1, 0.15) is 89.5 Å². The van der Waals surface area contributed by atoms with Crippen LogP contribution in [0.5, 0.6) is 0 Å². The van der Waals surface area contributed by atoms with E-state index in [0.717, 1.165) is 55.5 Å². The van der Waals surface area contributed by atoms with Crippen LogP contribution in [0.25, 0.3) is 0 Å². The van der Waals surface area contributed by atoms with E-state index in [1.165, 1.54) is 43.4 Å². The maximum Gasteiger partial charge on any atom is 0.410 e. The minimum Gasteiger partial charge on any atom is -0.445 e. The van der Waals surface area contributed by atoms with Crippen LogP contribution in [0, 0.1) is 40.9 Å². The molecule has 230 valence electrons. The number of aromatic amines is 1. The summed E-state index contributed by atoms with van der Waals surface area (Å²) in [5.74, 6) is 3.70. The van der Waals surface area contributed by atoms with E-state index in [-0.39, 0.29) is 29.8 Å². The first-order chi connectivity index (χ1) is 20.8. The van der Waals surface area contributed by atoms with Gasteiger partial charge < -0.3 is 14.4 Å². The molecular formula is C37H49N3O3. The molecule has 2 aromatic rings. The van der Waals surface area contributed by atoms with Crippen LogP contribution in [-0.2, 0) is 28.9 Å². The van der Waals surface area contributed by atoms with Crippen molar-refractivity contribution in [3.8, 4) is 0 Å². The van der Waals surface area contributed by atoms with E-state index in [2.05, 4.69) is 44.1 Å². The Kier molecular flexibility index (Phi) is 6.63. The number of hydrogen-bond acceptors (Lipinski definition) is 4. The fourth-order valence-corrected chi connectivity index (χ4v) is 11.3. The van der Waals surface area contributed by atoms with Gasteiger partial charge in [0.15, 0.2) is 0 Å². The smallest absolute Gasteiger partial charge is 0.410 e. The normalized spacial score (nSPS) is 41.6. The number of carbonyl (C=O) groups excluding carboxylic acids is 1. The predicted molar refractivity (Wildman–Crippen MR) is 166 cm³/mol. The molecule has 1 unspecified atom stereocenters. The van der Waals surface area contributed by atoms with Crippen molar-refractivity contribution in [1.82, 2.24) is 15.1 Å². The van der Waals surface area contributed by atoms with Gasteiger partial charge in [0.25, 0.3) is 0 Å². The molecule has 1 aromatic heterocycles. The quantitative estimate of drug-likeness (QED) is 0.372. The van der Waals surface area contributed by atoms with Crippen LogP contribution in [-0.4, -0.2) is 45.5 Å². The highest BCUT2D eigenvalue weighted by molar-refractivity contribution is 5.68. The van der Waals surface area contributed by atoms with E-state index in [1.54, 1.807) is 11.1 Å². The van der Waals surface area contributed by atoms with Gasteiger partial charge in [-0.05, 0) is 111 Å². The number of nitrogens with zero attached hydrogens (tertiary/aromatic N) is 2. The van der Waals surface area contributed by atoms with Gasteiger partial charge >= 0.3 is 6.09 Å². The molecule has 6 heteroatoms. The maximum atomic E-state index is 13.6. The molecule has 1 amide bonds. The second kappa shape index (κ2) is 10.2. The molecule has 1 N–H and O–H groups in total. The molecule has 6 aliphatic rings. The van der Waals surface area contributed by atoms with Crippen molar-refractivity contribution < 1.29 is 14.3 Å². The van der Waals surface area contributed by atoms with Crippen molar-refractivity contribution in [2.24, 2.45) is 40.9 Å². The van der Waals surface area contributed by atoms with Gasteiger partial charge in [-0.2, -0.15) is 5.10 Å². The van der Waals surface area contributed by atoms with E-state index in [1.807, 2.05) is 35.2 Å². The zero-order valence-electron chi connectivity index (χ0n) is 26.5. The third-order valence-electron chi connectivity index (χ3n) is 13.4. The number of piperidine rings is 1. The van der Waals surface area contributed by atoms with Crippen molar-refractivity contribution in [2.45, 2.75) is 110 Å². The van der Waals surface area contributed by atoms with Crippen molar-refractivity contribution >= 4 is 6.09 Å². The number of benzene rings is 1. The molecule has 4 fully saturated rings. The summed E-state index contributed by atoms with van der Waals surface area (Å²) in [7, 11) is 0. The SMILES string of the molecule is CC1=C2C[C@H]3C(CC[C@@H]4Cc5n[nH]cc5C[C@@]43C)[C@@H]2CC[C@@]2(C1)O[C@@H]1C[C@H](C)CN(C(=O)OCc3ccccc3)[C@H]1[C@H]2C. The molecule has 6 nitrogen and oxygen atoms in total. The van der Waals surface area contributed by atoms with Crippen molar-refractivity contribution in [2.75, 3.05) is 6.54 Å². The van der Waals surface area contributed by atoms with Gasteiger partial charge in [-0.3, -0.25) is 5.10 Å². The summed E-state index contributed by atoms with van der Waals surface area (Å²) < 4.78 is 13.1. The Balaban J connectivity index is 1.03. The molecule has 1 aromatic carbocycles. The number of fused-ring (bicyclic) bond motifs is 7. The number of ether oxygens (including phenoxy) is 2. The Bertz CT molecular complexity index is 1420. The Hall–Kier alpha value is -2.60. The third-order valence-corrected chi connectivity index (χ3v) is 13.4. The number of nitrogens with one attached hydrogen (secondary N) is 1. The lowest BCUT2D eigenvalue weighted by Crippen LogP contribution is -2.54. The van der Waals surface area contributed by atoms with Crippen LogP contribution >= 0.6 is 0 Å². The summed E-state index contributed by atoms with van der Waals surface area (Å²) in [6.07, 6.45) is 12.8. The summed E-state index contributed by atoms with van der Waals surface area (Å²) >= 11 is 0. The Morgan fingerprint density at radius 3 is 2.81 bits per heavy atom. The van der Waals surface area contributed by atoms with Gasteiger partial charge in [0.1, 0.15) is 6.61 Å². The highest BCUT2D eigenvalue weighted by atomic mass is 16.6. The van der Waals surface area contributed by atoms with E-state index in [4.69, 9.17) is 9.47 Å². The molecule has 43 heavy (non-hydrogen) atoms. The molecule has 1 spiro atoms. The monoisotopic (exact) mass is 583 g/mol. The number of aromatic nitrogens is 2. The van der Waals surface area contributed by atoms with Gasteiger partial charge in [0.2, 0.25) is 0 Å². The minimum absolute atomic E-state index is 0.0868. The third kappa shape index (κ3) is 4.36. The molecule has 2 saturated carbocycles. The first-order valence-electron chi connectivity index (χ1n) is 17.1. The maximum absolute atomic E-state index is 13.6. The molecule has 3 heterocycles. The zero-order valence-corrected chi connectivity index (χ0v) is 26.5. The molecule has 4 aliphatic carbocycles. The standard InChI is InChI=1S/C37H49N3O3/c1-22-14-33-34(40(20-22)35(41)42-21-25-8-6-5-7-9-25)24(3)37(43-33)13-12-28-29-11-10-27-15-32-26(19-38-39-32)18-36(27,4)31(29)16-30(28)23(2)17-37/h5-9,19,22,24,27-29,31,33-34H,10-18,20-21H2,1-4H3,(H,38,39)/t22-,24+,27+,28-,29?,31-,33+,34-,36-,37-/m0/s1. The molecule has 8 rings (SSSR count). The summed E-state index contributed by atoms with van der Waals surface area (Å²) in [5.41, 5.74) is 7.37. The number of carbonyl (C=O) groups is 1. The molecular weight excluding hydrogens is 534 g/mol. The highest BCUT2D eigenvalue weighted by Crippen LogP contribution is 2.64. The number of rotatable bonds is 2. The van der Waals surface area contributed by atoms with E-state index < -0.39 is 0 Å². The number of hydrogen-bond donors (Lipinski definition) is 1. The Morgan fingerprint density at radius 1 is 1.14 bits per heavy atom. The van der Waals surface area contributed by atoms with Gasteiger partial charge in [-0.15, -0.1) is 0 Å². The number of likely N-dealkylation sites (tertiary alicyclic amines) is 1. The van der Waals surface area contributed by atoms with Gasteiger partial charge in [-0.25, -0.2) is 4.79 Å². The van der Waals surface area contributed by atoms with Crippen LogP contribution < -0.4 is 0 Å². The number of amides is 1. The number of H-pyrrole nitrogens is 1. The first-order valence-corrected chi connectivity index (χ1v) is 17.1. The molecule has 0 radical (unpaired) electrons.